The van der Waals surface area contributed by atoms with Crippen molar-refractivity contribution in [2.24, 2.45) is 5.73 Å². The third-order valence-corrected chi connectivity index (χ3v) is 3.08. The fraction of sp³-hybridized carbons (Fsp3) is 0.364. The molecule has 4 N–H and O–H groups in total. The number of nitrogens with zero attached hydrogens (tertiary/aromatic N) is 1. The van der Waals surface area contributed by atoms with Crippen LogP contribution in [0.3, 0.4) is 0 Å². The lowest BCUT2D eigenvalue weighted by Gasteiger charge is -2.41. The van der Waals surface area contributed by atoms with Crippen molar-refractivity contribution in [3.63, 3.8) is 0 Å². The van der Waals surface area contributed by atoms with E-state index in [-0.39, 0.29) is 18.8 Å². The van der Waals surface area contributed by atoms with Gasteiger partial charge in [-0.2, -0.15) is 8.78 Å². The number of hydrogen-bond donors (Lipinski definition) is 3. The molecule has 0 saturated carbocycles. The van der Waals surface area contributed by atoms with Crippen molar-refractivity contribution in [2.75, 3.05) is 18.4 Å². The van der Waals surface area contributed by atoms with E-state index in [1.54, 1.807) is 0 Å². The third-order valence-electron chi connectivity index (χ3n) is 3.08. The van der Waals surface area contributed by atoms with Crippen LogP contribution in [0.15, 0.2) is 18.2 Å². The molecular formula is C11H12F2N4O4. The van der Waals surface area contributed by atoms with E-state index in [0.717, 1.165) is 12.1 Å². The Bertz CT molecular complexity index is 577. The molecule has 0 radical (unpaired) electrons. The van der Waals surface area contributed by atoms with Gasteiger partial charge in [-0.15, -0.1) is 0 Å². The first-order valence-corrected chi connectivity index (χ1v) is 5.86. The predicted octanol–water partition coefficient (Wildman–Crippen LogP) is 0.435. The van der Waals surface area contributed by atoms with Crippen LogP contribution in [0.1, 0.15) is 0 Å². The number of carbonyl (C=O) groups excluding carboxylic acids is 1. The van der Waals surface area contributed by atoms with Crippen molar-refractivity contribution in [1.29, 1.82) is 0 Å². The lowest BCUT2D eigenvalue weighted by molar-refractivity contribution is -0.386. The van der Waals surface area contributed by atoms with Crippen LogP contribution in [-0.4, -0.2) is 36.1 Å². The van der Waals surface area contributed by atoms with Gasteiger partial charge in [-0.05, 0) is 6.07 Å². The minimum Gasteiger partial charge on any atom is -0.427 e. The molecule has 1 aliphatic rings. The average Bonchev–Trinajstić information content (AvgIpc) is 2.32. The summed E-state index contributed by atoms with van der Waals surface area (Å²) in [6.07, 6.45) is 0. The lowest BCUT2D eigenvalue weighted by atomic mass is 9.91. The van der Waals surface area contributed by atoms with Gasteiger partial charge in [0.2, 0.25) is 11.7 Å². The third kappa shape index (κ3) is 2.99. The number of primary amides is 1. The number of rotatable bonds is 6. The minimum atomic E-state index is -3.20. The first-order chi connectivity index (χ1) is 9.84. The highest BCUT2D eigenvalue weighted by atomic mass is 19.3. The van der Waals surface area contributed by atoms with Gasteiger partial charge in [0.25, 0.3) is 0 Å². The Morgan fingerprint density at radius 2 is 2.19 bits per heavy atom. The topological polar surface area (TPSA) is 120 Å². The van der Waals surface area contributed by atoms with Crippen molar-refractivity contribution in [1.82, 2.24) is 5.32 Å². The number of benzene rings is 1. The summed E-state index contributed by atoms with van der Waals surface area (Å²) in [7, 11) is 0. The maximum Gasteiger partial charge on any atom is 0.387 e. The molecule has 1 amide bonds. The normalized spacial score (nSPS) is 16.1. The van der Waals surface area contributed by atoms with Crippen molar-refractivity contribution in [3.05, 3.63) is 28.3 Å². The van der Waals surface area contributed by atoms with Crippen LogP contribution >= 0.6 is 0 Å². The van der Waals surface area contributed by atoms with E-state index in [1.807, 2.05) is 0 Å². The van der Waals surface area contributed by atoms with Crippen LogP contribution in [0.4, 0.5) is 20.2 Å². The van der Waals surface area contributed by atoms with Crippen LogP contribution < -0.4 is 21.1 Å². The molecule has 1 fully saturated rings. The van der Waals surface area contributed by atoms with E-state index in [1.165, 1.54) is 6.07 Å². The first kappa shape index (κ1) is 14.9. The second kappa shape index (κ2) is 5.48. The van der Waals surface area contributed by atoms with Crippen LogP contribution in [0, 0.1) is 10.1 Å². The molecule has 0 atom stereocenters. The number of anilines is 1. The molecule has 1 saturated heterocycles. The van der Waals surface area contributed by atoms with E-state index < -0.39 is 34.4 Å². The maximum atomic E-state index is 12.3. The highest BCUT2D eigenvalue weighted by Crippen LogP contribution is 2.32. The summed E-state index contributed by atoms with van der Waals surface area (Å²) in [5.74, 6) is -1.21. The molecule has 0 spiro atoms. The fourth-order valence-corrected chi connectivity index (χ4v) is 1.91. The van der Waals surface area contributed by atoms with Gasteiger partial charge in [0.05, 0.1) is 4.92 Å². The summed E-state index contributed by atoms with van der Waals surface area (Å²) >= 11 is 0. The van der Waals surface area contributed by atoms with Crippen molar-refractivity contribution in [3.8, 4) is 5.75 Å². The van der Waals surface area contributed by atoms with Crippen LogP contribution in [0.2, 0.25) is 0 Å². The monoisotopic (exact) mass is 302 g/mol. The van der Waals surface area contributed by atoms with E-state index in [2.05, 4.69) is 15.4 Å². The summed E-state index contributed by atoms with van der Waals surface area (Å²) in [4.78, 5) is 21.3. The lowest BCUT2D eigenvalue weighted by Crippen LogP contribution is -2.70. The fourth-order valence-electron chi connectivity index (χ4n) is 1.91. The van der Waals surface area contributed by atoms with E-state index in [0.29, 0.717) is 0 Å². The number of nitro groups is 1. The number of carbonyl (C=O) groups is 1. The molecule has 0 aromatic heterocycles. The Labute approximate surface area is 117 Å². The highest BCUT2D eigenvalue weighted by molar-refractivity contribution is 5.90. The number of nitro benzene ring substituents is 1. The van der Waals surface area contributed by atoms with Gasteiger partial charge in [-0.3, -0.25) is 14.9 Å². The zero-order valence-corrected chi connectivity index (χ0v) is 10.6. The minimum absolute atomic E-state index is 0.219. The van der Waals surface area contributed by atoms with Gasteiger partial charge in [0.15, 0.2) is 0 Å². The van der Waals surface area contributed by atoms with Gasteiger partial charge in [-0.25, -0.2) is 0 Å². The van der Waals surface area contributed by atoms with E-state index >= 15 is 0 Å². The number of amides is 1. The molecule has 1 heterocycles. The molecule has 0 unspecified atom stereocenters. The van der Waals surface area contributed by atoms with E-state index in [4.69, 9.17) is 5.73 Å². The molecule has 1 aliphatic heterocycles. The molecule has 0 aliphatic carbocycles. The maximum absolute atomic E-state index is 12.3. The van der Waals surface area contributed by atoms with Crippen molar-refractivity contribution < 1.29 is 23.2 Å². The second-order valence-electron chi connectivity index (χ2n) is 4.49. The largest absolute Gasteiger partial charge is 0.427 e. The summed E-state index contributed by atoms with van der Waals surface area (Å²) in [6.45, 7) is -2.66. The average molecular weight is 302 g/mol. The zero-order valence-electron chi connectivity index (χ0n) is 10.6. The number of halogens is 2. The van der Waals surface area contributed by atoms with Gasteiger partial charge >= 0.3 is 12.3 Å². The highest BCUT2D eigenvalue weighted by Gasteiger charge is 2.43. The number of nitrogens with two attached hydrogens (primary N) is 1. The number of hydrogen-bond acceptors (Lipinski definition) is 6. The van der Waals surface area contributed by atoms with Crippen LogP contribution in [0.25, 0.3) is 0 Å². The Morgan fingerprint density at radius 3 is 2.62 bits per heavy atom. The predicted molar refractivity (Wildman–Crippen MR) is 68.1 cm³/mol. The quantitative estimate of drug-likeness (QED) is 0.518. The Kier molecular flexibility index (Phi) is 3.89. The van der Waals surface area contributed by atoms with Crippen LogP contribution in [-0.2, 0) is 4.79 Å². The molecule has 2 rings (SSSR count). The van der Waals surface area contributed by atoms with Crippen molar-refractivity contribution in [2.45, 2.75) is 12.2 Å². The molecule has 114 valence electrons. The molecule has 0 bridgehead atoms. The smallest absolute Gasteiger partial charge is 0.387 e. The molecule has 10 heteroatoms. The molecule has 1 aromatic rings. The SMILES string of the molecule is NC(=O)C1(Nc2ccc([N+](=O)[O-])c(OC(F)F)c2)CNC1. The Balaban J connectivity index is 2.29. The standard InChI is InChI=1S/C11H12F2N4O4/c12-10(13)21-8-3-6(1-2-7(8)17(19)20)16-11(9(14)18)4-15-5-11/h1-3,10,15-16H,4-5H2,(H2,14,18). The van der Waals surface area contributed by atoms with Crippen molar-refractivity contribution >= 4 is 17.3 Å². The molecular weight excluding hydrogens is 290 g/mol. The van der Waals surface area contributed by atoms with Crippen LogP contribution in [0.5, 0.6) is 5.75 Å². The summed E-state index contributed by atoms with van der Waals surface area (Å²) in [5, 5.41) is 16.4. The Hall–Kier alpha value is -2.49. The van der Waals surface area contributed by atoms with Gasteiger partial charge < -0.3 is 21.1 Å². The number of nitrogens with one attached hydrogen (secondary N) is 2. The van der Waals surface area contributed by atoms with Gasteiger partial charge in [0, 0.05) is 30.9 Å². The van der Waals surface area contributed by atoms with Gasteiger partial charge in [-0.1, -0.05) is 0 Å². The summed E-state index contributed by atoms with van der Waals surface area (Å²) in [6, 6.07) is 3.34. The number of ether oxygens (including phenoxy) is 1. The Morgan fingerprint density at radius 1 is 1.52 bits per heavy atom. The zero-order chi connectivity index (χ0) is 15.6. The second-order valence-corrected chi connectivity index (χ2v) is 4.49. The summed E-state index contributed by atoms with van der Waals surface area (Å²) in [5.41, 5.74) is 3.86. The molecule has 1 aromatic carbocycles. The first-order valence-electron chi connectivity index (χ1n) is 5.86. The summed E-state index contributed by atoms with van der Waals surface area (Å²) < 4.78 is 28.7. The number of alkyl halides is 2. The van der Waals surface area contributed by atoms with E-state index in [9.17, 15) is 23.7 Å². The van der Waals surface area contributed by atoms with Gasteiger partial charge in [0.1, 0.15) is 5.54 Å². The molecule has 21 heavy (non-hydrogen) atoms. The molecule has 8 nitrogen and oxygen atoms in total.